The van der Waals surface area contributed by atoms with E-state index in [1.807, 2.05) is 48.7 Å². The van der Waals surface area contributed by atoms with Crippen LogP contribution < -0.4 is 5.63 Å². The molecule has 2 aromatic carbocycles. The molecule has 0 spiro atoms. The molecule has 0 radical (unpaired) electrons. The van der Waals surface area contributed by atoms with Crippen LogP contribution >= 0.6 is 22.9 Å². The maximum absolute atomic E-state index is 12.7. The van der Waals surface area contributed by atoms with Crippen LogP contribution in [0.2, 0.25) is 5.02 Å². The van der Waals surface area contributed by atoms with E-state index in [0.29, 0.717) is 27.0 Å². The maximum Gasteiger partial charge on any atom is 0.345 e. The largest absolute Gasteiger partial charge is 0.422 e. The van der Waals surface area contributed by atoms with E-state index in [9.17, 15) is 4.79 Å². The Labute approximate surface area is 174 Å². The fourth-order valence-corrected chi connectivity index (χ4v) is 4.19. The Morgan fingerprint density at radius 2 is 1.90 bits per heavy atom. The van der Waals surface area contributed by atoms with Crippen LogP contribution in [-0.2, 0) is 0 Å². The summed E-state index contributed by atoms with van der Waals surface area (Å²) < 4.78 is 7.19. The highest BCUT2D eigenvalue weighted by Gasteiger charge is 2.18. The molecule has 0 saturated carbocycles. The lowest BCUT2D eigenvalue weighted by molar-refractivity contribution is 0.562. The summed E-state index contributed by atoms with van der Waals surface area (Å²) in [6.07, 6.45) is 0. The van der Waals surface area contributed by atoms with E-state index < -0.39 is 5.63 Å². The monoisotopic (exact) mass is 419 g/mol. The van der Waals surface area contributed by atoms with E-state index in [1.165, 1.54) is 11.3 Å². The number of aryl methyl sites for hydroxylation is 1. The van der Waals surface area contributed by atoms with Crippen molar-refractivity contribution in [2.45, 2.75) is 6.92 Å². The molecule has 7 heteroatoms. The average molecular weight is 420 g/mol. The molecule has 0 aliphatic carbocycles. The van der Waals surface area contributed by atoms with E-state index in [-0.39, 0.29) is 0 Å². The van der Waals surface area contributed by atoms with E-state index in [2.05, 4.69) is 5.10 Å². The van der Waals surface area contributed by atoms with E-state index in [1.54, 1.807) is 28.9 Å². The molecule has 0 atom stereocenters. The second kappa shape index (κ2) is 6.99. The summed E-state index contributed by atoms with van der Waals surface area (Å²) in [7, 11) is 0. The van der Waals surface area contributed by atoms with Gasteiger partial charge in [-0.25, -0.2) is 14.5 Å². The molecule has 0 aliphatic heterocycles. The smallest absolute Gasteiger partial charge is 0.345 e. The molecule has 0 unspecified atom stereocenters. The zero-order chi connectivity index (χ0) is 20.0. The summed E-state index contributed by atoms with van der Waals surface area (Å²) in [5.74, 6) is 0. The second-order valence-electron chi connectivity index (χ2n) is 6.59. The van der Waals surface area contributed by atoms with Gasteiger partial charge in [0, 0.05) is 21.4 Å². The Balaban J connectivity index is 1.66. The van der Waals surface area contributed by atoms with Crippen molar-refractivity contribution in [2.24, 2.45) is 0 Å². The van der Waals surface area contributed by atoms with Crippen LogP contribution in [0.3, 0.4) is 0 Å². The third-order valence-corrected chi connectivity index (χ3v) is 5.60. The van der Waals surface area contributed by atoms with Crippen LogP contribution in [0.5, 0.6) is 0 Å². The Bertz CT molecular complexity index is 1400. The van der Waals surface area contributed by atoms with Gasteiger partial charge in [-0.05, 0) is 37.3 Å². The topological polar surface area (TPSA) is 60.9 Å². The van der Waals surface area contributed by atoms with Gasteiger partial charge in [-0.2, -0.15) is 5.10 Å². The number of rotatable bonds is 3. The van der Waals surface area contributed by atoms with Gasteiger partial charge in [-0.1, -0.05) is 41.9 Å². The van der Waals surface area contributed by atoms with Crippen LogP contribution in [-0.4, -0.2) is 14.8 Å². The number of hydrogen-bond donors (Lipinski definition) is 0. The first-order valence-corrected chi connectivity index (χ1v) is 10.2. The highest BCUT2D eigenvalue weighted by Crippen LogP contribution is 2.29. The average Bonchev–Trinajstić information content (AvgIpc) is 3.35. The number of halogens is 1. The zero-order valence-electron chi connectivity index (χ0n) is 15.3. The van der Waals surface area contributed by atoms with Crippen LogP contribution in [0.15, 0.2) is 75.3 Å². The molecule has 5 rings (SSSR count). The Kier molecular flexibility index (Phi) is 4.30. The molecule has 29 heavy (non-hydrogen) atoms. The van der Waals surface area contributed by atoms with Crippen molar-refractivity contribution in [2.75, 3.05) is 0 Å². The molecule has 3 aromatic heterocycles. The predicted octanol–water partition coefficient (Wildman–Crippen LogP) is 5.73. The van der Waals surface area contributed by atoms with Gasteiger partial charge in [-0.3, -0.25) is 0 Å². The van der Waals surface area contributed by atoms with Crippen molar-refractivity contribution in [3.05, 3.63) is 87.2 Å². The van der Waals surface area contributed by atoms with E-state index >= 15 is 0 Å². The van der Waals surface area contributed by atoms with Gasteiger partial charge in [0.1, 0.15) is 5.58 Å². The zero-order valence-corrected chi connectivity index (χ0v) is 16.9. The molecular formula is C22H14ClN3O2S. The first kappa shape index (κ1) is 17.8. The molecule has 5 nitrogen and oxygen atoms in total. The molecule has 0 aliphatic rings. The molecule has 3 heterocycles. The summed E-state index contributed by atoms with van der Waals surface area (Å²) in [6, 6.07) is 18.7. The molecule has 0 bridgehead atoms. The molecule has 0 amide bonds. The molecule has 142 valence electrons. The predicted molar refractivity (Wildman–Crippen MR) is 116 cm³/mol. The summed E-state index contributed by atoms with van der Waals surface area (Å²) in [5, 5.41) is 8.55. The SMILES string of the molecule is Cc1cc(-c2cc3cc(Cl)ccc3oc2=O)n(-c2nc(-c3ccccc3)cs2)n1. The summed E-state index contributed by atoms with van der Waals surface area (Å²) in [5.41, 5.74) is 3.78. The normalized spacial score (nSPS) is 11.2. The Hall–Kier alpha value is -3.22. The lowest BCUT2D eigenvalue weighted by Crippen LogP contribution is -2.07. The van der Waals surface area contributed by atoms with Crippen molar-refractivity contribution >= 4 is 33.9 Å². The highest BCUT2D eigenvalue weighted by atomic mass is 35.5. The lowest BCUT2D eigenvalue weighted by atomic mass is 10.1. The van der Waals surface area contributed by atoms with Gasteiger partial charge in [-0.15, -0.1) is 11.3 Å². The van der Waals surface area contributed by atoms with Crippen molar-refractivity contribution in [1.29, 1.82) is 0 Å². The van der Waals surface area contributed by atoms with Crippen molar-refractivity contribution < 1.29 is 4.42 Å². The van der Waals surface area contributed by atoms with Gasteiger partial charge in [0.2, 0.25) is 5.13 Å². The second-order valence-corrected chi connectivity index (χ2v) is 7.87. The third-order valence-electron chi connectivity index (χ3n) is 4.54. The molecule has 0 saturated heterocycles. The van der Waals surface area contributed by atoms with Crippen molar-refractivity contribution in [3.63, 3.8) is 0 Å². The van der Waals surface area contributed by atoms with Crippen LogP contribution in [0.1, 0.15) is 5.69 Å². The third kappa shape index (κ3) is 3.26. The fraction of sp³-hybridized carbons (Fsp3) is 0.0455. The summed E-state index contributed by atoms with van der Waals surface area (Å²) in [6.45, 7) is 1.88. The quantitative estimate of drug-likeness (QED) is 0.350. The summed E-state index contributed by atoms with van der Waals surface area (Å²) >= 11 is 7.57. The van der Waals surface area contributed by atoms with E-state index in [4.69, 9.17) is 21.0 Å². The van der Waals surface area contributed by atoms with Crippen molar-refractivity contribution in [3.8, 4) is 27.6 Å². The number of fused-ring (bicyclic) bond motifs is 1. The minimum absolute atomic E-state index is 0.414. The van der Waals surface area contributed by atoms with Crippen LogP contribution in [0.25, 0.3) is 38.6 Å². The number of aromatic nitrogens is 3. The first-order chi connectivity index (χ1) is 14.1. The lowest BCUT2D eigenvalue weighted by Gasteiger charge is -2.05. The van der Waals surface area contributed by atoms with E-state index in [0.717, 1.165) is 22.3 Å². The molecule has 5 aromatic rings. The number of nitrogens with zero attached hydrogens (tertiary/aromatic N) is 3. The standard InChI is InChI=1S/C22H14ClN3O2S/c1-13-9-19(17-11-15-10-16(23)7-8-20(15)28-21(17)27)26(25-13)22-24-18(12-29-22)14-5-3-2-4-6-14/h2-12H,1H3. The maximum atomic E-state index is 12.7. The Morgan fingerprint density at radius 3 is 2.72 bits per heavy atom. The fourth-order valence-electron chi connectivity index (χ4n) is 3.21. The molecular weight excluding hydrogens is 406 g/mol. The number of thiazole rings is 1. The molecule has 0 N–H and O–H groups in total. The van der Waals surface area contributed by atoms with Crippen LogP contribution in [0, 0.1) is 6.92 Å². The summed E-state index contributed by atoms with van der Waals surface area (Å²) in [4.78, 5) is 17.4. The van der Waals surface area contributed by atoms with Crippen molar-refractivity contribution in [1.82, 2.24) is 14.8 Å². The van der Waals surface area contributed by atoms with Crippen LogP contribution in [0.4, 0.5) is 0 Å². The van der Waals surface area contributed by atoms with Gasteiger partial charge in [0.25, 0.3) is 0 Å². The Morgan fingerprint density at radius 1 is 1.07 bits per heavy atom. The first-order valence-electron chi connectivity index (χ1n) is 8.90. The molecule has 0 fully saturated rings. The number of hydrogen-bond acceptors (Lipinski definition) is 5. The van der Waals surface area contributed by atoms with Gasteiger partial charge < -0.3 is 4.42 Å². The number of benzene rings is 2. The highest BCUT2D eigenvalue weighted by molar-refractivity contribution is 7.12. The minimum atomic E-state index is -0.430. The van der Waals surface area contributed by atoms with Gasteiger partial charge >= 0.3 is 5.63 Å². The van der Waals surface area contributed by atoms with Gasteiger partial charge in [0.15, 0.2) is 0 Å². The minimum Gasteiger partial charge on any atom is -0.422 e. The van der Waals surface area contributed by atoms with Gasteiger partial charge in [0.05, 0.1) is 22.6 Å².